The van der Waals surface area contributed by atoms with Crippen molar-refractivity contribution in [1.82, 2.24) is 0 Å². The molecule has 0 aliphatic heterocycles. The molecule has 0 aliphatic carbocycles. The van der Waals surface area contributed by atoms with Gasteiger partial charge in [-0.3, -0.25) is 0 Å². The van der Waals surface area contributed by atoms with Gasteiger partial charge in [0.25, 0.3) is 0 Å². The normalized spacial score (nSPS) is 11.4. The first-order chi connectivity index (χ1) is 15.6. The monoisotopic (exact) mass is 542 g/mol. The first kappa shape index (κ1) is 35.1. The predicted octanol–water partition coefficient (Wildman–Crippen LogP) is -0.241. The van der Waals surface area contributed by atoms with Crippen LogP contribution in [0.5, 0.6) is 11.5 Å². The minimum Gasteiger partial charge on any atom is -0.744 e. The minimum atomic E-state index is -4.96. The van der Waals surface area contributed by atoms with Crippen molar-refractivity contribution >= 4 is 20.2 Å². The minimum absolute atomic E-state index is 0. The molecule has 35 heavy (non-hydrogen) atoms. The van der Waals surface area contributed by atoms with Crippen molar-refractivity contribution in [3.05, 3.63) is 48.0 Å². The molecule has 0 N–H and O–H groups in total. The maximum absolute atomic E-state index is 11.3. The van der Waals surface area contributed by atoms with Gasteiger partial charge in [0.1, 0.15) is 31.7 Å². The van der Waals surface area contributed by atoms with Crippen molar-refractivity contribution in [3.63, 3.8) is 0 Å². The Labute approximate surface area is 254 Å². The van der Waals surface area contributed by atoms with Gasteiger partial charge in [-0.25, -0.2) is 16.8 Å². The van der Waals surface area contributed by atoms with Gasteiger partial charge >= 0.3 is 59.1 Å². The van der Waals surface area contributed by atoms with Crippen molar-refractivity contribution in [2.24, 2.45) is 0 Å². The van der Waals surface area contributed by atoms with E-state index in [0.717, 1.165) is 30.5 Å². The fourth-order valence-corrected chi connectivity index (χ4v) is 4.71. The van der Waals surface area contributed by atoms with Crippen LogP contribution in [0.2, 0.25) is 0 Å². The quantitative estimate of drug-likeness (QED) is 0.173. The summed E-state index contributed by atoms with van der Waals surface area (Å²) in [6, 6.07) is 9.44. The molecule has 0 bridgehead atoms. The maximum Gasteiger partial charge on any atom is 1.00 e. The van der Waals surface area contributed by atoms with Crippen LogP contribution in [-0.2, 0) is 26.7 Å². The molecule has 184 valence electrons. The standard InChI is InChI=1S/C24H34O7S2.2Na/c1-2-3-4-5-6-7-8-9-10-11-12-20-13-15-21(16-14-20)31-22-17-23(32(25,26)27)19-24(18-22)33(28,29)30;;/h13-19H,2-12H2,1H3,(H,25,26,27)(H,28,29,30);;/q;2*+1/p-2. The van der Waals surface area contributed by atoms with E-state index in [4.69, 9.17) is 4.74 Å². The van der Waals surface area contributed by atoms with Crippen LogP contribution in [0, 0.1) is 0 Å². The Kier molecular flexibility index (Phi) is 17.6. The van der Waals surface area contributed by atoms with Crippen LogP contribution in [-0.4, -0.2) is 25.9 Å². The van der Waals surface area contributed by atoms with Crippen LogP contribution in [0.25, 0.3) is 0 Å². The summed E-state index contributed by atoms with van der Waals surface area (Å²) in [6.45, 7) is 2.23. The van der Waals surface area contributed by atoms with Gasteiger partial charge in [-0.15, -0.1) is 0 Å². The van der Waals surface area contributed by atoms with Crippen LogP contribution in [0.15, 0.2) is 52.3 Å². The van der Waals surface area contributed by atoms with Gasteiger partial charge in [0.15, 0.2) is 0 Å². The summed E-state index contributed by atoms with van der Waals surface area (Å²) in [6.07, 6.45) is 13.6. The smallest absolute Gasteiger partial charge is 0.744 e. The van der Waals surface area contributed by atoms with Gasteiger partial charge in [-0.1, -0.05) is 76.8 Å². The number of hydrogen-bond donors (Lipinski definition) is 0. The van der Waals surface area contributed by atoms with Crippen molar-refractivity contribution in [1.29, 1.82) is 0 Å². The molecule has 0 aromatic heterocycles. The average molecular weight is 543 g/mol. The number of ether oxygens (including phenoxy) is 1. The van der Waals surface area contributed by atoms with E-state index in [1.54, 1.807) is 12.1 Å². The van der Waals surface area contributed by atoms with Crippen LogP contribution >= 0.6 is 0 Å². The average Bonchev–Trinajstić information content (AvgIpc) is 2.75. The molecule has 2 aromatic carbocycles. The van der Waals surface area contributed by atoms with Gasteiger partial charge in [0, 0.05) is 0 Å². The van der Waals surface area contributed by atoms with E-state index >= 15 is 0 Å². The summed E-state index contributed by atoms with van der Waals surface area (Å²) in [4.78, 5) is -1.68. The molecule has 0 unspecified atom stereocenters. The summed E-state index contributed by atoms with van der Waals surface area (Å²) in [7, 11) is -9.93. The zero-order chi connectivity index (χ0) is 24.3. The molecule has 2 rings (SSSR count). The van der Waals surface area contributed by atoms with Gasteiger partial charge in [0.2, 0.25) is 0 Å². The van der Waals surface area contributed by atoms with E-state index in [1.807, 2.05) is 12.1 Å². The largest absolute Gasteiger partial charge is 1.00 e. The first-order valence-electron chi connectivity index (χ1n) is 11.4. The molecule has 0 saturated carbocycles. The van der Waals surface area contributed by atoms with Crippen LogP contribution in [0.1, 0.15) is 76.7 Å². The topological polar surface area (TPSA) is 124 Å². The Morgan fingerprint density at radius 3 is 1.49 bits per heavy atom. The molecular formula is C24H32Na2O7S2. The van der Waals surface area contributed by atoms with Crippen LogP contribution in [0.3, 0.4) is 0 Å². The van der Waals surface area contributed by atoms with Crippen molar-refractivity contribution in [3.8, 4) is 11.5 Å². The molecule has 0 radical (unpaired) electrons. The molecule has 0 saturated heterocycles. The predicted molar refractivity (Wildman–Crippen MR) is 124 cm³/mol. The summed E-state index contributed by atoms with van der Waals surface area (Å²) in [5.74, 6) is 0.111. The Bertz CT molecular complexity index is 1040. The van der Waals surface area contributed by atoms with E-state index < -0.39 is 30.0 Å². The third-order valence-corrected chi connectivity index (χ3v) is 7.04. The molecule has 2 aromatic rings. The molecule has 0 amide bonds. The Morgan fingerprint density at radius 1 is 0.629 bits per heavy atom. The Hall–Kier alpha value is 0.0600. The van der Waals surface area contributed by atoms with E-state index in [0.29, 0.717) is 11.8 Å². The summed E-state index contributed by atoms with van der Waals surface area (Å²) < 4.78 is 73.2. The van der Waals surface area contributed by atoms with Crippen molar-refractivity contribution in [2.75, 3.05) is 0 Å². The van der Waals surface area contributed by atoms with E-state index in [1.165, 1.54) is 57.8 Å². The summed E-state index contributed by atoms with van der Waals surface area (Å²) >= 11 is 0. The number of rotatable bonds is 15. The Balaban J connectivity index is 0.00000578. The molecule has 0 heterocycles. The molecule has 7 nitrogen and oxygen atoms in total. The van der Waals surface area contributed by atoms with E-state index in [9.17, 15) is 25.9 Å². The fraction of sp³-hybridized carbons (Fsp3) is 0.500. The molecule has 0 aliphatic rings. The molecule has 0 atom stereocenters. The maximum atomic E-state index is 11.3. The van der Waals surface area contributed by atoms with Crippen LogP contribution < -0.4 is 63.9 Å². The summed E-state index contributed by atoms with van der Waals surface area (Å²) in [5.41, 5.74) is 1.13. The van der Waals surface area contributed by atoms with E-state index in [2.05, 4.69) is 6.92 Å². The first-order valence-corrected chi connectivity index (χ1v) is 14.2. The number of unbranched alkanes of at least 4 members (excludes halogenated alkanes) is 9. The van der Waals surface area contributed by atoms with Crippen molar-refractivity contribution < 1.29 is 89.8 Å². The van der Waals surface area contributed by atoms with Gasteiger partial charge in [-0.2, -0.15) is 0 Å². The van der Waals surface area contributed by atoms with Crippen molar-refractivity contribution in [2.45, 2.75) is 87.3 Å². The molecule has 11 heteroatoms. The zero-order valence-corrected chi connectivity index (χ0v) is 26.6. The Morgan fingerprint density at radius 2 is 1.06 bits per heavy atom. The molecular weight excluding hydrogens is 510 g/mol. The number of benzene rings is 2. The molecule has 0 fully saturated rings. The third kappa shape index (κ3) is 14.0. The molecule has 0 spiro atoms. The SMILES string of the molecule is CCCCCCCCCCCCc1ccc(Oc2cc(S(=O)(=O)[O-])cc(S(=O)(=O)[O-])c2)cc1.[Na+].[Na+]. The number of hydrogen-bond acceptors (Lipinski definition) is 7. The fourth-order valence-electron chi connectivity index (χ4n) is 3.57. The third-order valence-electron chi connectivity index (χ3n) is 5.41. The second kappa shape index (κ2) is 17.5. The van der Waals surface area contributed by atoms with E-state index in [-0.39, 0.29) is 64.9 Å². The van der Waals surface area contributed by atoms with Gasteiger partial charge < -0.3 is 13.8 Å². The zero-order valence-electron chi connectivity index (χ0n) is 21.0. The van der Waals surface area contributed by atoms with Crippen LogP contribution in [0.4, 0.5) is 0 Å². The number of aryl methyl sites for hydroxylation is 1. The second-order valence-corrected chi connectivity index (χ2v) is 11.0. The van der Waals surface area contributed by atoms with Gasteiger partial charge in [-0.05, 0) is 48.7 Å². The van der Waals surface area contributed by atoms with Gasteiger partial charge in [0.05, 0.1) is 9.79 Å². The summed E-state index contributed by atoms with van der Waals surface area (Å²) in [5, 5.41) is 0. The second-order valence-electron chi connectivity index (χ2n) is 8.23.